The fraction of sp³-hybridized carbons (Fsp3) is 0.381. The number of aromatic amines is 1. The van der Waals surface area contributed by atoms with Gasteiger partial charge < -0.3 is 14.3 Å². The zero-order valence-electron chi connectivity index (χ0n) is 17.2. The molecule has 0 radical (unpaired) electrons. The molecule has 9 nitrogen and oxygen atoms in total. The van der Waals surface area contributed by atoms with E-state index in [0.29, 0.717) is 24.6 Å². The molecule has 0 spiro atoms. The second-order valence-electron chi connectivity index (χ2n) is 8.31. The van der Waals surface area contributed by atoms with Crippen molar-refractivity contribution in [3.8, 4) is 0 Å². The molecule has 12 heteroatoms. The Morgan fingerprint density at radius 3 is 2.82 bits per heavy atom. The lowest BCUT2D eigenvalue weighted by Gasteiger charge is -2.32. The zero-order valence-corrected chi connectivity index (χ0v) is 17.2. The summed E-state index contributed by atoms with van der Waals surface area (Å²) in [7, 11) is 0. The highest BCUT2D eigenvalue weighted by atomic mass is 19.4. The highest BCUT2D eigenvalue weighted by molar-refractivity contribution is 5.90. The molecule has 5 heterocycles. The minimum Gasteiger partial charge on any atom is -0.417 e. The molecule has 4 aromatic heterocycles. The number of hydrogen-bond donors (Lipinski definition) is 1. The van der Waals surface area contributed by atoms with E-state index in [4.69, 9.17) is 4.42 Å². The lowest BCUT2D eigenvalue weighted by molar-refractivity contribution is -0.142. The van der Waals surface area contributed by atoms with Crippen LogP contribution in [0.1, 0.15) is 70.6 Å². The van der Waals surface area contributed by atoms with E-state index >= 15 is 0 Å². The number of amides is 1. The predicted molar refractivity (Wildman–Crippen MR) is 106 cm³/mol. The van der Waals surface area contributed by atoms with E-state index in [-0.39, 0.29) is 23.0 Å². The van der Waals surface area contributed by atoms with Gasteiger partial charge in [-0.2, -0.15) is 18.3 Å². The van der Waals surface area contributed by atoms with E-state index in [0.717, 1.165) is 35.5 Å². The second-order valence-corrected chi connectivity index (χ2v) is 8.31. The molecule has 0 aromatic carbocycles. The molecule has 4 aromatic rings. The van der Waals surface area contributed by atoms with Gasteiger partial charge in [0.15, 0.2) is 0 Å². The maximum atomic E-state index is 13.5. The smallest absolute Gasteiger partial charge is 0.417 e. The summed E-state index contributed by atoms with van der Waals surface area (Å²) in [5.41, 5.74) is 0.971. The monoisotopic (exact) mass is 457 g/mol. The van der Waals surface area contributed by atoms with Crippen LogP contribution in [0, 0.1) is 0 Å². The Labute approximate surface area is 184 Å². The van der Waals surface area contributed by atoms with Gasteiger partial charge in [0.05, 0.1) is 23.2 Å². The summed E-state index contributed by atoms with van der Waals surface area (Å²) in [6.45, 7) is 0.292. The third-order valence-corrected chi connectivity index (χ3v) is 6.34. The second kappa shape index (κ2) is 7.15. The van der Waals surface area contributed by atoms with Crippen LogP contribution in [-0.2, 0) is 12.6 Å². The zero-order chi connectivity index (χ0) is 22.7. The summed E-state index contributed by atoms with van der Waals surface area (Å²) in [6, 6.07) is 4.57. The first kappa shape index (κ1) is 19.9. The molecule has 1 saturated carbocycles. The topological polar surface area (TPSA) is 105 Å². The Kier molecular flexibility index (Phi) is 4.32. The number of nitrogens with one attached hydrogen (secondary N) is 1. The van der Waals surface area contributed by atoms with Crippen LogP contribution in [0.5, 0.6) is 0 Å². The van der Waals surface area contributed by atoms with Gasteiger partial charge in [0.2, 0.25) is 5.89 Å². The van der Waals surface area contributed by atoms with Crippen LogP contribution in [-0.4, -0.2) is 47.1 Å². The first-order valence-corrected chi connectivity index (χ1v) is 10.6. The van der Waals surface area contributed by atoms with Gasteiger partial charge in [0, 0.05) is 24.6 Å². The molecule has 6 rings (SSSR count). The number of aromatic nitrogens is 6. The van der Waals surface area contributed by atoms with Crippen LogP contribution in [0.15, 0.2) is 35.0 Å². The summed E-state index contributed by atoms with van der Waals surface area (Å²) in [5.74, 6) is -0.0185. The fourth-order valence-electron chi connectivity index (χ4n) is 4.44. The van der Waals surface area contributed by atoms with Crippen molar-refractivity contribution in [2.45, 2.75) is 43.8 Å². The molecule has 1 N–H and O–H groups in total. The summed E-state index contributed by atoms with van der Waals surface area (Å²) in [4.78, 5) is 22.3. The van der Waals surface area contributed by atoms with E-state index in [9.17, 15) is 18.0 Å². The third-order valence-electron chi connectivity index (χ3n) is 6.34. The lowest BCUT2D eigenvalue weighted by atomic mass is 9.85. The van der Waals surface area contributed by atoms with Crippen molar-refractivity contribution in [3.05, 3.63) is 65.1 Å². The largest absolute Gasteiger partial charge is 0.433 e. The number of halogens is 3. The van der Waals surface area contributed by atoms with Crippen molar-refractivity contribution in [2.24, 2.45) is 0 Å². The van der Waals surface area contributed by atoms with Crippen LogP contribution in [0.3, 0.4) is 0 Å². The Morgan fingerprint density at radius 1 is 1.21 bits per heavy atom. The first-order chi connectivity index (χ1) is 15.9. The van der Waals surface area contributed by atoms with Crippen LogP contribution in [0.25, 0.3) is 5.52 Å². The van der Waals surface area contributed by atoms with E-state index in [1.54, 1.807) is 0 Å². The molecule has 1 aliphatic carbocycles. The van der Waals surface area contributed by atoms with Gasteiger partial charge in [-0.05, 0) is 31.0 Å². The quantitative estimate of drug-likeness (QED) is 0.505. The standard InChI is InChI=1S/C21H18F3N7O2/c22-21(23,24)15-6-2-5-12-9-14(29-31(12)15)17-16-13(25-10-26-16)7-8-30(17)20(32)19-28-27-18(33-19)11-3-1-4-11/h2,5-6,9-11,17H,1,3-4,7-8H2,(H,25,26). The third kappa shape index (κ3) is 3.19. The predicted octanol–water partition coefficient (Wildman–Crippen LogP) is 3.51. The Hall–Kier alpha value is -3.70. The number of imidazole rings is 1. The van der Waals surface area contributed by atoms with Crippen LogP contribution < -0.4 is 0 Å². The molecular formula is C21H18F3N7O2. The molecule has 33 heavy (non-hydrogen) atoms. The number of alkyl halides is 3. The molecule has 1 atom stereocenters. The average molecular weight is 457 g/mol. The van der Waals surface area contributed by atoms with E-state index in [2.05, 4.69) is 25.3 Å². The minimum absolute atomic E-state index is 0.138. The summed E-state index contributed by atoms with van der Waals surface area (Å²) >= 11 is 0. The Bertz CT molecular complexity index is 1350. The van der Waals surface area contributed by atoms with Gasteiger partial charge in [0.1, 0.15) is 11.7 Å². The normalized spacial score (nSPS) is 19.0. The number of nitrogens with zero attached hydrogens (tertiary/aromatic N) is 6. The highest BCUT2D eigenvalue weighted by Crippen LogP contribution is 2.38. The average Bonchev–Trinajstić information content (AvgIpc) is 3.48. The number of fused-ring (bicyclic) bond motifs is 2. The van der Waals surface area contributed by atoms with Crippen molar-refractivity contribution < 1.29 is 22.4 Å². The number of pyridine rings is 1. The van der Waals surface area contributed by atoms with Crippen LogP contribution >= 0.6 is 0 Å². The molecular weight excluding hydrogens is 439 g/mol. The number of H-pyrrole nitrogens is 1. The fourth-order valence-corrected chi connectivity index (χ4v) is 4.44. The van der Waals surface area contributed by atoms with Crippen molar-refractivity contribution in [3.63, 3.8) is 0 Å². The molecule has 170 valence electrons. The van der Waals surface area contributed by atoms with Gasteiger partial charge in [0.25, 0.3) is 0 Å². The van der Waals surface area contributed by atoms with E-state index in [1.165, 1.54) is 29.4 Å². The van der Waals surface area contributed by atoms with Crippen molar-refractivity contribution >= 4 is 11.4 Å². The van der Waals surface area contributed by atoms with Gasteiger partial charge in [-0.3, -0.25) is 4.79 Å². The molecule has 2 aliphatic rings. The highest BCUT2D eigenvalue weighted by Gasteiger charge is 2.40. The summed E-state index contributed by atoms with van der Waals surface area (Å²) in [6.07, 6.45) is 0.403. The maximum absolute atomic E-state index is 13.5. The Balaban J connectivity index is 1.42. The van der Waals surface area contributed by atoms with Crippen LogP contribution in [0.2, 0.25) is 0 Å². The van der Waals surface area contributed by atoms with Crippen molar-refractivity contribution in [2.75, 3.05) is 6.54 Å². The van der Waals surface area contributed by atoms with E-state index in [1.807, 2.05) is 0 Å². The molecule has 1 aliphatic heterocycles. The molecule has 0 saturated heterocycles. The molecule has 1 fully saturated rings. The lowest BCUT2D eigenvalue weighted by Crippen LogP contribution is -2.41. The number of carbonyl (C=O) groups is 1. The molecule has 1 amide bonds. The van der Waals surface area contributed by atoms with Crippen molar-refractivity contribution in [1.82, 2.24) is 34.7 Å². The first-order valence-electron chi connectivity index (χ1n) is 10.6. The maximum Gasteiger partial charge on any atom is 0.433 e. The summed E-state index contributed by atoms with van der Waals surface area (Å²) < 4.78 is 47.1. The van der Waals surface area contributed by atoms with Gasteiger partial charge in [-0.1, -0.05) is 12.5 Å². The van der Waals surface area contributed by atoms with Gasteiger partial charge in [-0.25, -0.2) is 9.50 Å². The van der Waals surface area contributed by atoms with Gasteiger partial charge >= 0.3 is 18.0 Å². The molecule has 1 unspecified atom stereocenters. The van der Waals surface area contributed by atoms with Crippen molar-refractivity contribution in [1.29, 1.82) is 0 Å². The minimum atomic E-state index is -4.58. The van der Waals surface area contributed by atoms with Crippen LogP contribution in [0.4, 0.5) is 13.2 Å². The van der Waals surface area contributed by atoms with Gasteiger partial charge in [-0.15, -0.1) is 10.2 Å². The summed E-state index contributed by atoms with van der Waals surface area (Å²) in [5, 5.41) is 12.2. The number of carbonyl (C=O) groups excluding carboxylic acids is 1. The SMILES string of the molecule is O=C(c1nnc(C2CCC2)o1)N1CCc2[nH]cnc2C1c1cc2cccc(C(F)(F)F)n2n1. The Morgan fingerprint density at radius 2 is 2.06 bits per heavy atom. The number of hydrogen-bond acceptors (Lipinski definition) is 6. The molecule has 0 bridgehead atoms. The van der Waals surface area contributed by atoms with E-state index < -0.39 is 23.8 Å². The number of rotatable bonds is 3.